The monoisotopic (exact) mass is 288 g/mol. The Morgan fingerprint density at radius 2 is 1.71 bits per heavy atom. The Hall–Kier alpha value is -1.84. The molecule has 2 atom stereocenters. The highest BCUT2D eigenvalue weighted by atomic mass is 16.2. The predicted molar refractivity (Wildman–Crippen MR) is 84.3 cm³/mol. The van der Waals surface area contributed by atoms with Crippen molar-refractivity contribution in [2.24, 2.45) is 0 Å². The number of nitrogens with zero attached hydrogens (tertiary/aromatic N) is 1. The molecule has 2 unspecified atom stereocenters. The van der Waals surface area contributed by atoms with Gasteiger partial charge in [0.2, 0.25) is 5.91 Å². The van der Waals surface area contributed by atoms with Gasteiger partial charge in [-0.1, -0.05) is 19.9 Å². The quantitative estimate of drug-likeness (QED) is 0.929. The fraction of sp³-hybridized carbons (Fsp3) is 0.529. The molecule has 1 fully saturated rings. The van der Waals surface area contributed by atoms with E-state index in [1.54, 1.807) is 11.8 Å². The number of carbonyl (C=O) groups excluding carboxylic acids is 2. The molecule has 114 valence electrons. The van der Waals surface area contributed by atoms with Crippen molar-refractivity contribution in [2.75, 3.05) is 4.90 Å². The number of carbonyl (C=O) groups is 2. The van der Waals surface area contributed by atoms with Gasteiger partial charge in [0.15, 0.2) is 0 Å². The molecule has 1 aromatic rings. The first-order valence-electron chi connectivity index (χ1n) is 7.56. The maximum Gasteiger partial charge on any atom is 0.253 e. The summed E-state index contributed by atoms with van der Waals surface area (Å²) < 4.78 is 0. The lowest BCUT2D eigenvalue weighted by molar-refractivity contribution is -0.138. The molecule has 2 amide bonds. The van der Waals surface area contributed by atoms with Gasteiger partial charge in [0, 0.05) is 5.69 Å². The fourth-order valence-corrected chi connectivity index (χ4v) is 2.93. The summed E-state index contributed by atoms with van der Waals surface area (Å²) in [4.78, 5) is 27.0. The second-order valence-corrected chi connectivity index (χ2v) is 6.12. The molecule has 1 saturated heterocycles. The van der Waals surface area contributed by atoms with E-state index in [1.165, 1.54) is 0 Å². The second kappa shape index (κ2) is 5.51. The molecule has 1 aliphatic rings. The van der Waals surface area contributed by atoms with Crippen LogP contribution in [0.5, 0.6) is 0 Å². The van der Waals surface area contributed by atoms with Crippen molar-refractivity contribution >= 4 is 17.5 Å². The first-order valence-corrected chi connectivity index (χ1v) is 7.56. The first-order chi connectivity index (χ1) is 9.82. The average molecular weight is 288 g/mol. The number of hydrogen-bond acceptors (Lipinski definition) is 2. The van der Waals surface area contributed by atoms with Crippen LogP contribution in [0.2, 0.25) is 0 Å². The summed E-state index contributed by atoms with van der Waals surface area (Å²) in [6, 6.07) is 5.58. The average Bonchev–Trinajstić information content (AvgIpc) is 2.41. The van der Waals surface area contributed by atoms with Gasteiger partial charge in [-0.25, -0.2) is 0 Å². The van der Waals surface area contributed by atoms with Gasteiger partial charge in [0.25, 0.3) is 5.91 Å². The molecular weight excluding hydrogens is 264 g/mol. The Morgan fingerprint density at radius 3 is 2.19 bits per heavy atom. The number of amides is 2. The molecule has 2 rings (SSSR count). The SMILES string of the molecule is CCC1C(=O)NC(C)(CC)C(=O)N1c1cc(C)cc(C)c1. The molecule has 0 aliphatic carbocycles. The lowest BCUT2D eigenvalue weighted by Crippen LogP contribution is -2.69. The van der Waals surface area contributed by atoms with E-state index in [0.717, 1.165) is 16.8 Å². The third kappa shape index (κ3) is 2.67. The number of hydrogen-bond donors (Lipinski definition) is 1. The second-order valence-electron chi connectivity index (χ2n) is 6.12. The highest BCUT2D eigenvalue weighted by molar-refractivity contribution is 6.10. The van der Waals surface area contributed by atoms with Crippen molar-refractivity contribution in [3.63, 3.8) is 0 Å². The molecule has 21 heavy (non-hydrogen) atoms. The zero-order valence-corrected chi connectivity index (χ0v) is 13.5. The van der Waals surface area contributed by atoms with Crippen LogP contribution in [0.25, 0.3) is 0 Å². The van der Waals surface area contributed by atoms with E-state index in [4.69, 9.17) is 0 Å². The van der Waals surface area contributed by atoms with Crippen LogP contribution in [-0.4, -0.2) is 23.4 Å². The van der Waals surface area contributed by atoms with Crippen molar-refractivity contribution < 1.29 is 9.59 Å². The highest BCUT2D eigenvalue weighted by Crippen LogP contribution is 2.29. The van der Waals surface area contributed by atoms with Crippen molar-refractivity contribution in [1.82, 2.24) is 5.32 Å². The van der Waals surface area contributed by atoms with E-state index < -0.39 is 11.6 Å². The normalized spacial score (nSPS) is 26.0. The number of piperazine rings is 1. The molecule has 4 nitrogen and oxygen atoms in total. The van der Waals surface area contributed by atoms with Gasteiger partial charge in [-0.15, -0.1) is 0 Å². The molecule has 0 spiro atoms. The molecule has 1 heterocycles. The molecule has 0 saturated carbocycles. The van der Waals surface area contributed by atoms with Gasteiger partial charge in [0.1, 0.15) is 11.6 Å². The summed E-state index contributed by atoms with van der Waals surface area (Å²) in [6.45, 7) is 9.66. The maximum atomic E-state index is 12.9. The first kappa shape index (κ1) is 15.5. The highest BCUT2D eigenvalue weighted by Gasteiger charge is 2.46. The molecule has 1 N–H and O–H groups in total. The van der Waals surface area contributed by atoms with Crippen LogP contribution < -0.4 is 10.2 Å². The van der Waals surface area contributed by atoms with Crippen LogP contribution in [0.15, 0.2) is 18.2 Å². The molecule has 0 radical (unpaired) electrons. The van der Waals surface area contributed by atoms with Gasteiger partial charge in [-0.2, -0.15) is 0 Å². The summed E-state index contributed by atoms with van der Waals surface area (Å²) in [5.74, 6) is -0.0953. The molecular formula is C17H24N2O2. The third-order valence-corrected chi connectivity index (χ3v) is 4.28. The molecule has 0 bridgehead atoms. The Kier molecular flexibility index (Phi) is 4.08. The lowest BCUT2D eigenvalue weighted by atomic mass is 9.90. The van der Waals surface area contributed by atoms with Gasteiger partial charge in [-0.05, 0) is 56.9 Å². The zero-order valence-electron chi connectivity index (χ0n) is 13.5. The van der Waals surface area contributed by atoms with Gasteiger partial charge < -0.3 is 5.32 Å². The minimum Gasteiger partial charge on any atom is -0.340 e. The van der Waals surface area contributed by atoms with Crippen molar-refractivity contribution in [1.29, 1.82) is 0 Å². The smallest absolute Gasteiger partial charge is 0.253 e. The molecule has 1 aromatic carbocycles. The number of aryl methyl sites for hydroxylation is 2. The number of anilines is 1. The van der Waals surface area contributed by atoms with Gasteiger partial charge >= 0.3 is 0 Å². The van der Waals surface area contributed by atoms with Crippen LogP contribution in [0.3, 0.4) is 0 Å². The summed E-state index contributed by atoms with van der Waals surface area (Å²) >= 11 is 0. The third-order valence-electron chi connectivity index (χ3n) is 4.28. The van der Waals surface area contributed by atoms with E-state index in [9.17, 15) is 9.59 Å². The van der Waals surface area contributed by atoms with Crippen LogP contribution in [0.4, 0.5) is 5.69 Å². The van der Waals surface area contributed by atoms with E-state index in [-0.39, 0.29) is 11.8 Å². The maximum absolute atomic E-state index is 12.9. The van der Waals surface area contributed by atoms with Crippen LogP contribution in [0, 0.1) is 13.8 Å². The standard InChI is InChI=1S/C17H24N2O2/c1-6-14-15(20)18-17(5,7-2)16(21)19(14)13-9-11(3)8-12(4)10-13/h8-10,14H,6-7H2,1-5H3,(H,18,20). The lowest BCUT2D eigenvalue weighted by Gasteiger charge is -2.44. The Bertz CT molecular complexity index is 562. The van der Waals surface area contributed by atoms with Crippen molar-refractivity contribution in [2.45, 2.75) is 59.0 Å². The minimum absolute atomic E-state index is 0.0264. The topological polar surface area (TPSA) is 49.4 Å². The Labute approximate surface area is 126 Å². The van der Waals surface area contributed by atoms with Crippen LogP contribution in [-0.2, 0) is 9.59 Å². The van der Waals surface area contributed by atoms with Crippen molar-refractivity contribution in [3.8, 4) is 0 Å². The summed E-state index contributed by atoms with van der Waals surface area (Å²) in [5, 5.41) is 2.89. The summed E-state index contributed by atoms with van der Waals surface area (Å²) in [5.41, 5.74) is 2.19. The number of benzene rings is 1. The molecule has 1 aliphatic heterocycles. The fourth-order valence-electron chi connectivity index (χ4n) is 2.93. The van der Waals surface area contributed by atoms with E-state index in [2.05, 4.69) is 11.4 Å². The minimum atomic E-state index is -0.819. The van der Waals surface area contributed by atoms with E-state index in [1.807, 2.05) is 39.8 Å². The van der Waals surface area contributed by atoms with E-state index >= 15 is 0 Å². The largest absolute Gasteiger partial charge is 0.340 e. The van der Waals surface area contributed by atoms with E-state index in [0.29, 0.717) is 12.8 Å². The zero-order chi connectivity index (χ0) is 15.8. The summed E-state index contributed by atoms with van der Waals surface area (Å²) in [7, 11) is 0. The summed E-state index contributed by atoms with van der Waals surface area (Å²) in [6.07, 6.45) is 1.18. The molecule has 0 aromatic heterocycles. The number of nitrogens with one attached hydrogen (secondary N) is 1. The van der Waals surface area contributed by atoms with Gasteiger partial charge in [-0.3, -0.25) is 14.5 Å². The Balaban J connectivity index is 2.54. The van der Waals surface area contributed by atoms with Gasteiger partial charge in [0.05, 0.1) is 0 Å². The Morgan fingerprint density at radius 1 is 1.14 bits per heavy atom. The number of rotatable bonds is 3. The van der Waals surface area contributed by atoms with Crippen LogP contribution >= 0.6 is 0 Å². The van der Waals surface area contributed by atoms with Crippen molar-refractivity contribution in [3.05, 3.63) is 29.3 Å². The van der Waals surface area contributed by atoms with Crippen LogP contribution in [0.1, 0.15) is 44.7 Å². The molecule has 4 heteroatoms. The predicted octanol–water partition coefficient (Wildman–Crippen LogP) is 2.71.